The lowest BCUT2D eigenvalue weighted by Gasteiger charge is -2.12. The van der Waals surface area contributed by atoms with Crippen LogP contribution in [0, 0.1) is 0 Å². The molecule has 0 aliphatic heterocycles. The molecule has 0 aliphatic carbocycles. The zero-order valence-corrected chi connectivity index (χ0v) is 23.9. The van der Waals surface area contributed by atoms with Crippen LogP contribution in [0.2, 0.25) is 0 Å². The predicted molar refractivity (Wildman–Crippen MR) is 151 cm³/mol. The van der Waals surface area contributed by atoms with Gasteiger partial charge in [0.15, 0.2) is 6.61 Å². The molecule has 3 amide bonds. The van der Waals surface area contributed by atoms with Crippen LogP contribution in [0.15, 0.2) is 48.5 Å². The van der Waals surface area contributed by atoms with Crippen LogP contribution < -0.4 is 26.0 Å². The van der Waals surface area contributed by atoms with E-state index in [2.05, 4.69) is 16.0 Å². The Morgan fingerprint density at radius 2 is 1.49 bits per heavy atom. The summed E-state index contributed by atoms with van der Waals surface area (Å²) in [5, 5.41) is 7.78. The zero-order chi connectivity index (χ0) is 29.9. The summed E-state index contributed by atoms with van der Waals surface area (Å²) in [6.45, 7) is 4.54. The Morgan fingerprint density at radius 1 is 0.805 bits per heavy atom. The van der Waals surface area contributed by atoms with E-state index in [1.165, 1.54) is 30.3 Å². The summed E-state index contributed by atoms with van der Waals surface area (Å²) in [7, 11) is -4.56. The predicted octanol–water partition coefficient (Wildman–Crippen LogP) is 1.20. The molecule has 0 aliphatic rings. The maximum atomic E-state index is 12.4. The van der Waals surface area contributed by atoms with Gasteiger partial charge in [0.2, 0.25) is 5.91 Å². The lowest BCUT2D eigenvalue weighted by atomic mass is 10.2. The van der Waals surface area contributed by atoms with Crippen molar-refractivity contribution >= 4 is 36.3 Å². The van der Waals surface area contributed by atoms with E-state index in [0.29, 0.717) is 57.3 Å². The first-order valence-corrected chi connectivity index (χ1v) is 14.8. The number of nitrogens with one attached hydrogen (secondary N) is 3. The molecular formula is C27H38N3O10P. The highest BCUT2D eigenvalue weighted by Gasteiger charge is 2.22. The van der Waals surface area contributed by atoms with E-state index in [1.54, 1.807) is 18.2 Å². The van der Waals surface area contributed by atoms with Crippen molar-refractivity contribution in [3.63, 3.8) is 0 Å². The second kappa shape index (κ2) is 18.9. The monoisotopic (exact) mass is 595 g/mol. The molecule has 0 saturated carbocycles. The highest BCUT2D eigenvalue weighted by Crippen LogP contribution is 2.37. The van der Waals surface area contributed by atoms with Gasteiger partial charge in [-0.3, -0.25) is 18.9 Å². The van der Waals surface area contributed by atoms with E-state index >= 15 is 0 Å². The molecule has 226 valence electrons. The van der Waals surface area contributed by atoms with E-state index in [1.807, 2.05) is 6.92 Å². The first-order valence-electron chi connectivity index (χ1n) is 13.2. The van der Waals surface area contributed by atoms with Crippen LogP contribution in [-0.4, -0.2) is 86.8 Å². The van der Waals surface area contributed by atoms with Crippen LogP contribution >= 0.6 is 7.60 Å². The molecule has 0 spiro atoms. The maximum Gasteiger partial charge on any atom is 0.359 e. The summed E-state index contributed by atoms with van der Waals surface area (Å²) >= 11 is 0. The lowest BCUT2D eigenvalue weighted by Crippen LogP contribution is -2.28. The normalized spacial score (nSPS) is 11.1. The molecule has 0 unspecified atom stereocenters. The number of hydrogen-bond acceptors (Lipinski definition) is 8. The molecule has 2 aromatic rings. The number of carbonyl (C=O) groups excluding carboxylic acids is 3. The molecular weight excluding hydrogens is 557 g/mol. The van der Waals surface area contributed by atoms with Gasteiger partial charge in [0.25, 0.3) is 11.8 Å². The maximum absolute atomic E-state index is 12.4. The van der Waals surface area contributed by atoms with Crippen LogP contribution in [0.4, 0.5) is 5.69 Å². The summed E-state index contributed by atoms with van der Waals surface area (Å²) in [5.74, 6) is -1.04. The topological polar surface area (TPSA) is 182 Å². The third-order valence-electron chi connectivity index (χ3n) is 5.27. The fraction of sp³-hybridized carbons (Fsp3) is 0.444. The molecule has 14 heteroatoms. The van der Waals surface area contributed by atoms with Gasteiger partial charge in [-0.2, -0.15) is 0 Å². The molecule has 0 heterocycles. The van der Waals surface area contributed by atoms with E-state index < -0.39 is 20.1 Å². The largest absolute Gasteiger partial charge is 0.483 e. The van der Waals surface area contributed by atoms with Crippen molar-refractivity contribution in [2.75, 3.05) is 64.7 Å². The van der Waals surface area contributed by atoms with Crippen molar-refractivity contribution in [2.45, 2.75) is 19.8 Å². The van der Waals surface area contributed by atoms with E-state index in [4.69, 9.17) is 18.9 Å². The number of hydrogen-bond donors (Lipinski definition) is 5. The molecule has 0 atom stereocenters. The Bertz CT molecular complexity index is 1160. The van der Waals surface area contributed by atoms with Gasteiger partial charge >= 0.3 is 7.60 Å². The van der Waals surface area contributed by atoms with Crippen molar-refractivity contribution in [2.24, 2.45) is 0 Å². The Labute approximate surface area is 239 Å². The van der Waals surface area contributed by atoms with Crippen LogP contribution in [0.1, 0.15) is 30.1 Å². The second-order valence-electron chi connectivity index (χ2n) is 8.62. The third-order valence-corrected chi connectivity index (χ3v) is 6.27. The third kappa shape index (κ3) is 14.2. The number of rotatable bonds is 20. The van der Waals surface area contributed by atoms with Crippen molar-refractivity contribution in [3.05, 3.63) is 54.1 Å². The van der Waals surface area contributed by atoms with Gasteiger partial charge in [0, 0.05) is 30.8 Å². The zero-order valence-electron chi connectivity index (χ0n) is 23.0. The van der Waals surface area contributed by atoms with E-state index in [-0.39, 0.29) is 36.0 Å². The average molecular weight is 596 g/mol. The highest BCUT2D eigenvalue weighted by molar-refractivity contribution is 7.60. The van der Waals surface area contributed by atoms with Crippen LogP contribution in [0.5, 0.6) is 5.75 Å². The van der Waals surface area contributed by atoms with Gasteiger partial charge < -0.3 is 44.7 Å². The van der Waals surface area contributed by atoms with Gasteiger partial charge in [-0.15, -0.1) is 0 Å². The molecule has 0 saturated heterocycles. The van der Waals surface area contributed by atoms with E-state index in [0.717, 1.165) is 6.42 Å². The van der Waals surface area contributed by atoms with Crippen molar-refractivity contribution in [1.82, 2.24) is 10.6 Å². The van der Waals surface area contributed by atoms with Gasteiger partial charge in [-0.05, 0) is 36.8 Å². The molecule has 13 nitrogen and oxygen atoms in total. The summed E-state index contributed by atoms with van der Waals surface area (Å²) < 4.78 is 33.0. The fourth-order valence-electron chi connectivity index (χ4n) is 3.30. The van der Waals surface area contributed by atoms with Crippen LogP contribution in [0.3, 0.4) is 0 Å². The van der Waals surface area contributed by atoms with Gasteiger partial charge in [0.05, 0.1) is 39.6 Å². The number of benzene rings is 2. The molecule has 5 N–H and O–H groups in total. The minimum Gasteiger partial charge on any atom is -0.483 e. The van der Waals surface area contributed by atoms with Crippen molar-refractivity contribution in [1.29, 1.82) is 0 Å². The van der Waals surface area contributed by atoms with Gasteiger partial charge in [0.1, 0.15) is 11.1 Å². The number of ether oxygens (including phenoxy) is 4. The number of amides is 3. The Hall–Kier alpha value is -3.32. The number of carbonyl (C=O) groups is 3. The molecule has 41 heavy (non-hydrogen) atoms. The van der Waals surface area contributed by atoms with Crippen LogP contribution in [-0.2, 0) is 28.4 Å². The summed E-state index contributed by atoms with van der Waals surface area (Å²) in [4.78, 5) is 55.0. The molecule has 0 fully saturated rings. The SMILES string of the molecule is CCCNC(=O)CCOCCOCCOCCNC(=O)c1cccc(NC(=O)COc2ccccc2P(=O)(O)O)c1. The second-order valence-corrected chi connectivity index (χ2v) is 10.2. The molecule has 2 aromatic carbocycles. The first-order chi connectivity index (χ1) is 19.7. The summed E-state index contributed by atoms with van der Waals surface area (Å²) in [6, 6.07) is 11.9. The highest BCUT2D eigenvalue weighted by atomic mass is 31.2. The van der Waals surface area contributed by atoms with E-state index in [9.17, 15) is 28.7 Å². The Morgan fingerprint density at radius 3 is 2.20 bits per heavy atom. The first kappa shape index (κ1) is 33.9. The van der Waals surface area contributed by atoms with Gasteiger partial charge in [-0.1, -0.05) is 25.1 Å². The minimum atomic E-state index is -4.56. The molecule has 0 radical (unpaired) electrons. The van der Waals surface area contributed by atoms with Crippen molar-refractivity contribution in [3.8, 4) is 5.75 Å². The smallest absolute Gasteiger partial charge is 0.359 e. The number of para-hydroxylation sites is 1. The summed E-state index contributed by atoms with van der Waals surface area (Å²) in [6.07, 6.45) is 1.22. The minimum absolute atomic E-state index is 0.0273. The van der Waals surface area contributed by atoms with Crippen molar-refractivity contribution < 1.29 is 47.7 Å². The molecule has 2 rings (SSSR count). The molecule has 0 aromatic heterocycles. The van der Waals surface area contributed by atoms with Crippen LogP contribution in [0.25, 0.3) is 0 Å². The average Bonchev–Trinajstić information content (AvgIpc) is 2.95. The standard InChI is InChI=1S/C27H38N3O10P/c1-2-11-28-25(31)10-13-37-15-17-39-18-16-38-14-12-29-27(33)21-6-5-7-22(19-21)30-26(32)20-40-23-8-3-4-9-24(23)41(34,35)36/h3-9,19H,2,10-18,20H2,1H3,(H,28,31)(H,29,33)(H,30,32)(H2,34,35,36). The fourth-order valence-corrected chi connectivity index (χ4v) is 4.00. The quantitative estimate of drug-likeness (QED) is 0.110. The lowest BCUT2D eigenvalue weighted by molar-refractivity contribution is -0.122. The summed E-state index contributed by atoms with van der Waals surface area (Å²) in [5.41, 5.74) is 0.674. The Kier molecular flexibility index (Phi) is 15.6. The Balaban J connectivity index is 1.58. The van der Waals surface area contributed by atoms with Gasteiger partial charge in [-0.25, -0.2) is 0 Å². The molecule has 0 bridgehead atoms. The number of anilines is 1.